The van der Waals surface area contributed by atoms with Gasteiger partial charge < -0.3 is 20.5 Å². The van der Waals surface area contributed by atoms with Crippen molar-refractivity contribution in [3.63, 3.8) is 0 Å². The summed E-state index contributed by atoms with van der Waals surface area (Å²) in [7, 11) is -2.69. The first-order valence-electron chi connectivity index (χ1n) is 15.5. The van der Waals surface area contributed by atoms with Gasteiger partial charge in [-0.2, -0.15) is 4.31 Å². The molecule has 0 saturated carbocycles. The van der Waals surface area contributed by atoms with Crippen LogP contribution in [0.4, 0.5) is 10.5 Å². The molecule has 13 heteroatoms. The third kappa shape index (κ3) is 9.74. The lowest BCUT2D eigenvalue weighted by molar-refractivity contribution is -0.118. The molecular weight excluding hydrogens is 660 g/mol. The van der Waals surface area contributed by atoms with Crippen molar-refractivity contribution in [3.8, 4) is 0 Å². The van der Waals surface area contributed by atoms with E-state index in [4.69, 9.17) is 16.3 Å². The molecule has 3 aromatic carbocycles. The van der Waals surface area contributed by atoms with Crippen LogP contribution in [0.3, 0.4) is 0 Å². The second-order valence-corrected chi connectivity index (χ2v) is 14.8. The number of aliphatic hydroxyl groups excluding tert-OH is 1. The van der Waals surface area contributed by atoms with E-state index in [2.05, 4.69) is 15.6 Å². The zero-order valence-corrected chi connectivity index (χ0v) is 29.1. The maximum Gasteiger partial charge on any atom is 0.407 e. The van der Waals surface area contributed by atoms with Crippen LogP contribution in [0, 0.1) is 5.92 Å². The molecule has 47 heavy (non-hydrogen) atoms. The average molecular weight is 701 g/mol. The van der Waals surface area contributed by atoms with Gasteiger partial charge in [0.05, 0.1) is 27.7 Å². The first-order valence-corrected chi connectivity index (χ1v) is 18.2. The number of aliphatic hydroxyl groups is 1. The van der Waals surface area contributed by atoms with E-state index in [1.54, 1.807) is 60.1 Å². The smallest absolute Gasteiger partial charge is 0.407 e. The van der Waals surface area contributed by atoms with Gasteiger partial charge in [0.15, 0.2) is 0 Å². The zero-order chi connectivity index (χ0) is 34.0. The van der Waals surface area contributed by atoms with E-state index in [0.29, 0.717) is 42.1 Å². The highest BCUT2D eigenvalue weighted by Gasteiger charge is 2.32. The summed E-state index contributed by atoms with van der Waals surface area (Å²) in [6.45, 7) is 4.20. The van der Waals surface area contributed by atoms with Crippen molar-refractivity contribution >= 4 is 60.9 Å². The number of nitrogens with one attached hydrogen (secondary N) is 2. The van der Waals surface area contributed by atoms with Gasteiger partial charge in [0.25, 0.3) is 0 Å². The maximum atomic E-state index is 14.1. The molecule has 1 aromatic heterocycles. The quantitative estimate of drug-likeness (QED) is 0.125. The van der Waals surface area contributed by atoms with Crippen molar-refractivity contribution in [1.82, 2.24) is 14.6 Å². The van der Waals surface area contributed by atoms with E-state index in [1.807, 2.05) is 26.0 Å². The number of hydrogen-bond donors (Lipinski definition) is 3. The number of carbonyl (C=O) groups excluding carboxylic acids is 2. The molecule has 1 heterocycles. The van der Waals surface area contributed by atoms with Crippen LogP contribution in [0.15, 0.2) is 77.1 Å². The van der Waals surface area contributed by atoms with Crippen LogP contribution in [-0.4, -0.2) is 67.2 Å². The molecule has 0 saturated heterocycles. The van der Waals surface area contributed by atoms with Gasteiger partial charge in [-0.15, -0.1) is 11.3 Å². The van der Waals surface area contributed by atoms with Crippen molar-refractivity contribution < 1.29 is 27.9 Å². The number of alkyl carbamates (subject to hydrolysis) is 1. The van der Waals surface area contributed by atoms with E-state index in [1.165, 1.54) is 22.8 Å². The lowest BCUT2D eigenvalue weighted by atomic mass is 10.0. The number of aromatic nitrogens is 1. The highest BCUT2D eigenvalue weighted by atomic mass is 35.5. The van der Waals surface area contributed by atoms with Crippen molar-refractivity contribution in [3.05, 3.63) is 88.4 Å². The predicted octanol–water partition coefficient (Wildman–Crippen LogP) is 6.28. The van der Waals surface area contributed by atoms with Crippen LogP contribution in [0.1, 0.15) is 44.2 Å². The van der Waals surface area contributed by atoms with Crippen molar-refractivity contribution in [2.24, 2.45) is 5.92 Å². The summed E-state index contributed by atoms with van der Waals surface area (Å²) >= 11 is 7.72. The number of carbonyl (C=O) groups is 2. The molecule has 3 N–H and O–H groups in total. The van der Waals surface area contributed by atoms with Crippen LogP contribution in [0.25, 0.3) is 10.2 Å². The first kappa shape index (κ1) is 36.3. The molecule has 0 bridgehead atoms. The Hall–Kier alpha value is -3.55. The van der Waals surface area contributed by atoms with Crippen molar-refractivity contribution in [1.29, 1.82) is 0 Å². The average Bonchev–Trinajstić information content (AvgIpc) is 3.53. The van der Waals surface area contributed by atoms with Gasteiger partial charge in [-0.25, -0.2) is 18.2 Å². The minimum atomic E-state index is -3.91. The summed E-state index contributed by atoms with van der Waals surface area (Å²) in [5.74, 6) is -0.200. The van der Waals surface area contributed by atoms with Gasteiger partial charge >= 0.3 is 6.09 Å². The molecule has 2 atom stereocenters. The Balaban J connectivity index is 1.57. The Morgan fingerprint density at radius 3 is 2.45 bits per heavy atom. The third-order valence-electron chi connectivity index (χ3n) is 7.90. The number of methoxy groups -OCH3 is 1. The molecular formula is C34H41ClN4O6S2. The summed E-state index contributed by atoms with van der Waals surface area (Å²) in [4.78, 5) is 30.1. The molecule has 0 aliphatic rings. The molecule has 4 rings (SSSR count). The second kappa shape index (κ2) is 17.0. The van der Waals surface area contributed by atoms with Gasteiger partial charge in [0.2, 0.25) is 15.9 Å². The number of benzene rings is 3. The molecule has 0 aliphatic carbocycles. The number of fused-ring (bicyclic) bond motifs is 1. The van der Waals surface area contributed by atoms with Gasteiger partial charge in [-0.1, -0.05) is 61.8 Å². The number of aryl methyl sites for hydroxylation is 1. The van der Waals surface area contributed by atoms with E-state index in [0.717, 1.165) is 15.8 Å². The Morgan fingerprint density at radius 2 is 1.74 bits per heavy atom. The summed E-state index contributed by atoms with van der Waals surface area (Å²) in [6, 6.07) is 17.8. The van der Waals surface area contributed by atoms with Crippen LogP contribution >= 0.6 is 22.9 Å². The first-order chi connectivity index (χ1) is 22.5. The topological polar surface area (TPSA) is 138 Å². The summed E-state index contributed by atoms with van der Waals surface area (Å²) in [6.07, 6.45) is 1.10. The Kier molecular flexibility index (Phi) is 13.1. The number of para-hydroxylation sites is 1. The number of rotatable bonds is 16. The zero-order valence-electron chi connectivity index (χ0n) is 26.7. The van der Waals surface area contributed by atoms with Crippen LogP contribution in [-0.2, 0) is 32.4 Å². The summed E-state index contributed by atoms with van der Waals surface area (Å²) in [5, 5.41) is 16.0. The van der Waals surface area contributed by atoms with Gasteiger partial charge in [0, 0.05) is 36.3 Å². The van der Waals surface area contributed by atoms with Gasteiger partial charge in [0.1, 0.15) is 6.04 Å². The molecule has 0 fully saturated rings. The number of thiazole rings is 1. The Bertz CT molecular complexity index is 1760. The third-order valence-corrected chi connectivity index (χ3v) is 11.0. The number of amides is 2. The molecule has 0 spiro atoms. The van der Waals surface area contributed by atoms with E-state index in [-0.39, 0.29) is 30.3 Å². The largest absolute Gasteiger partial charge is 0.453 e. The minimum absolute atomic E-state index is 0.136. The van der Waals surface area contributed by atoms with Crippen molar-refractivity contribution in [2.45, 2.75) is 62.9 Å². The highest BCUT2D eigenvalue weighted by molar-refractivity contribution is 7.89. The molecule has 0 radical (unpaired) electrons. The van der Waals surface area contributed by atoms with Gasteiger partial charge in [-0.05, 0) is 73.1 Å². The standard InChI is InChI=1S/C34H41ClN4O6S2/c1-23(2)16-18-39(47(43,44)27-14-15-30-32(21-27)46-22-36-30)26(17-19-40)13-12-24-8-5-7-11-29(24)37-33(41)31(38-34(42)45-3)20-25-9-4-6-10-28(25)35/h4-11,14-15,21-23,26,31,40H,12-13,16-20H2,1-3H3,(H,37,41)(H,38,42). The fourth-order valence-electron chi connectivity index (χ4n) is 5.29. The molecule has 252 valence electrons. The van der Waals surface area contributed by atoms with Crippen LogP contribution in [0.2, 0.25) is 5.02 Å². The van der Waals surface area contributed by atoms with Gasteiger partial charge in [-0.3, -0.25) is 4.79 Å². The monoisotopic (exact) mass is 700 g/mol. The van der Waals surface area contributed by atoms with Crippen LogP contribution < -0.4 is 10.6 Å². The molecule has 2 unspecified atom stereocenters. The SMILES string of the molecule is COC(=O)NC(Cc1ccccc1Cl)C(=O)Nc1ccccc1CCC(CCO)N(CCC(C)C)S(=O)(=O)c1ccc2ncsc2c1. The molecule has 2 amide bonds. The predicted molar refractivity (Wildman–Crippen MR) is 186 cm³/mol. The maximum absolute atomic E-state index is 14.1. The second-order valence-electron chi connectivity index (χ2n) is 11.6. The van der Waals surface area contributed by atoms with Crippen LogP contribution in [0.5, 0.6) is 0 Å². The van der Waals surface area contributed by atoms with E-state index in [9.17, 15) is 23.1 Å². The number of halogens is 1. The molecule has 4 aromatic rings. The normalized spacial score (nSPS) is 13.1. The number of anilines is 1. The number of hydrogen-bond acceptors (Lipinski definition) is 8. The van der Waals surface area contributed by atoms with Crippen molar-refractivity contribution in [2.75, 3.05) is 25.6 Å². The Morgan fingerprint density at radius 1 is 1.02 bits per heavy atom. The number of ether oxygens (including phenoxy) is 1. The summed E-state index contributed by atoms with van der Waals surface area (Å²) < 4.78 is 35.3. The fourth-order valence-corrected chi connectivity index (χ4v) is 8.02. The Labute approximate surface area is 285 Å². The number of sulfonamides is 1. The molecule has 10 nitrogen and oxygen atoms in total. The lowest BCUT2D eigenvalue weighted by Gasteiger charge is -2.31. The minimum Gasteiger partial charge on any atom is -0.453 e. The summed E-state index contributed by atoms with van der Waals surface area (Å²) in [5.41, 5.74) is 4.42. The number of nitrogens with zero attached hydrogens (tertiary/aromatic N) is 2. The highest BCUT2D eigenvalue weighted by Crippen LogP contribution is 2.29. The lowest BCUT2D eigenvalue weighted by Crippen LogP contribution is -2.45. The van der Waals surface area contributed by atoms with E-state index >= 15 is 0 Å². The molecule has 0 aliphatic heterocycles. The van der Waals surface area contributed by atoms with E-state index < -0.39 is 34.1 Å². The fraction of sp³-hybridized carbons (Fsp3) is 0.382.